The number of carbonyl (C=O) groups is 1. The van der Waals surface area contributed by atoms with Gasteiger partial charge in [-0.25, -0.2) is 14.8 Å². The van der Waals surface area contributed by atoms with Gasteiger partial charge in [0.05, 0.1) is 17.2 Å². The lowest BCUT2D eigenvalue weighted by atomic mass is 10.2. The number of nitrogens with zero attached hydrogens (tertiary/aromatic N) is 3. The molecular formula is C20H14N6O. The number of amides is 2. The molecule has 1 heterocycles. The zero-order valence-corrected chi connectivity index (χ0v) is 14.1. The van der Waals surface area contributed by atoms with Crippen LogP contribution in [-0.2, 0) is 0 Å². The average molecular weight is 354 g/mol. The molecule has 130 valence electrons. The largest absolute Gasteiger partial charge is 0.368 e. The van der Waals surface area contributed by atoms with Gasteiger partial charge in [-0.1, -0.05) is 24.0 Å². The molecule has 1 aromatic heterocycles. The molecule has 0 bridgehead atoms. The van der Waals surface area contributed by atoms with Crippen LogP contribution in [-0.4, -0.2) is 16.0 Å². The minimum absolute atomic E-state index is 0.193. The Morgan fingerprint density at radius 3 is 2.07 bits per heavy atom. The zero-order chi connectivity index (χ0) is 19.1. The third-order valence-corrected chi connectivity index (χ3v) is 3.39. The van der Waals surface area contributed by atoms with Crippen LogP contribution in [0.2, 0.25) is 0 Å². The van der Waals surface area contributed by atoms with Crippen molar-refractivity contribution in [3.05, 3.63) is 77.6 Å². The summed E-state index contributed by atoms with van der Waals surface area (Å²) in [6, 6.07) is 15.4. The summed E-state index contributed by atoms with van der Waals surface area (Å²) >= 11 is 0. The van der Waals surface area contributed by atoms with Crippen molar-refractivity contribution in [2.45, 2.75) is 0 Å². The smallest absolute Gasteiger partial charge is 0.323 e. The number of anilines is 3. The second-order valence-electron chi connectivity index (χ2n) is 5.43. The quantitative estimate of drug-likeness (QED) is 0.612. The van der Waals surface area contributed by atoms with Crippen LogP contribution in [0.1, 0.15) is 16.7 Å². The van der Waals surface area contributed by atoms with E-state index in [9.17, 15) is 4.79 Å². The molecule has 0 radical (unpaired) electrons. The lowest BCUT2D eigenvalue weighted by Crippen LogP contribution is -2.19. The van der Waals surface area contributed by atoms with Crippen molar-refractivity contribution in [3.8, 4) is 17.9 Å². The summed E-state index contributed by atoms with van der Waals surface area (Å²) in [5, 5.41) is 14.3. The maximum Gasteiger partial charge on any atom is 0.323 e. The first-order valence-electron chi connectivity index (χ1n) is 7.90. The molecule has 7 nitrogen and oxygen atoms in total. The maximum absolute atomic E-state index is 12.1. The Hall–Kier alpha value is -4.36. The van der Waals surface area contributed by atoms with E-state index in [0.29, 0.717) is 22.5 Å². The van der Waals surface area contributed by atoms with Crippen molar-refractivity contribution < 1.29 is 4.79 Å². The van der Waals surface area contributed by atoms with Gasteiger partial charge in [-0.15, -0.1) is 0 Å². The van der Waals surface area contributed by atoms with Gasteiger partial charge in [-0.05, 0) is 36.4 Å². The first-order chi connectivity index (χ1) is 13.1. The highest BCUT2D eigenvalue weighted by molar-refractivity contribution is 5.99. The van der Waals surface area contributed by atoms with E-state index in [0.717, 1.165) is 5.56 Å². The predicted octanol–water partition coefficient (Wildman–Crippen LogP) is 2.97. The van der Waals surface area contributed by atoms with E-state index in [1.165, 1.54) is 0 Å². The van der Waals surface area contributed by atoms with Crippen molar-refractivity contribution in [1.29, 1.82) is 5.26 Å². The number of urea groups is 1. The van der Waals surface area contributed by atoms with Crippen molar-refractivity contribution >= 4 is 23.4 Å². The lowest BCUT2D eigenvalue weighted by molar-refractivity contribution is 0.262. The Balaban J connectivity index is 1.67. The Morgan fingerprint density at radius 1 is 0.889 bits per heavy atom. The van der Waals surface area contributed by atoms with Gasteiger partial charge in [0.1, 0.15) is 0 Å². The highest BCUT2D eigenvalue weighted by Gasteiger charge is 2.04. The molecule has 4 N–H and O–H groups in total. The summed E-state index contributed by atoms with van der Waals surface area (Å²) in [5.74, 6) is 6.10. The van der Waals surface area contributed by atoms with Crippen LogP contribution in [0.25, 0.3) is 0 Å². The average Bonchev–Trinajstić information content (AvgIpc) is 2.68. The van der Waals surface area contributed by atoms with Crippen LogP contribution >= 0.6 is 0 Å². The van der Waals surface area contributed by atoms with Gasteiger partial charge in [0.15, 0.2) is 0 Å². The molecule has 2 aromatic carbocycles. The van der Waals surface area contributed by atoms with Crippen molar-refractivity contribution in [2.24, 2.45) is 0 Å². The number of hydrogen-bond acceptors (Lipinski definition) is 5. The monoisotopic (exact) mass is 354 g/mol. The molecule has 0 aliphatic carbocycles. The number of benzene rings is 2. The number of nitriles is 1. The van der Waals surface area contributed by atoms with E-state index in [1.54, 1.807) is 54.9 Å². The summed E-state index contributed by atoms with van der Waals surface area (Å²) in [6.07, 6.45) is 3.08. The topological polar surface area (TPSA) is 117 Å². The van der Waals surface area contributed by atoms with E-state index in [1.807, 2.05) is 12.1 Å². The highest BCUT2D eigenvalue weighted by atomic mass is 16.2. The van der Waals surface area contributed by atoms with Gasteiger partial charge >= 0.3 is 6.03 Å². The molecular weight excluding hydrogens is 340 g/mol. The van der Waals surface area contributed by atoms with E-state index in [-0.39, 0.29) is 5.95 Å². The number of carbonyl (C=O) groups excluding carboxylic acids is 1. The Bertz CT molecular complexity index is 1070. The second-order valence-corrected chi connectivity index (χ2v) is 5.43. The van der Waals surface area contributed by atoms with Crippen LogP contribution in [0.15, 0.2) is 60.9 Å². The lowest BCUT2D eigenvalue weighted by Gasteiger charge is -2.08. The van der Waals surface area contributed by atoms with Crippen LogP contribution in [0.4, 0.5) is 22.1 Å². The number of nitrogens with two attached hydrogens (primary N) is 1. The molecule has 7 heteroatoms. The zero-order valence-electron chi connectivity index (χ0n) is 14.1. The summed E-state index contributed by atoms with van der Waals surface area (Å²) in [5.41, 5.74) is 8.38. The minimum atomic E-state index is -0.415. The fourth-order valence-corrected chi connectivity index (χ4v) is 2.18. The van der Waals surface area contributed by atoms with Gasteiger partial charge in [0.25, 0.3) is 0 Å². The van der Waals surface area contributed by atoms with Gasteiger partial charge < -0.3 is 16.4 Å². The molecule has 0 spiro atoms. The summed E-state index contributed by atoms with van der Waals surface area (Å²) in [7, 11) is 0. The molecule has 0 aliphatic heterocycles. The van der Waals surface area contributed by atoms with Crippen LogP contribution in [0, 0.1) is 23.2 Å². The standard InChI is InChI=1S/C20H14N6O/c21-11-15-4-2-6-18(10-15)26-20(27)25-17-5-1-3-14(9-17)7-8-16-12-23-19(22)24-13-16/h1-6,9-10,12-13H,(H2,22,23,24)(H2,25,26,27). The Kier molecular flexibility index (Phi) is 5.27. The third-order valence-electron chi connectivity index (χ3n) is 3.39. The fraction of sp³-hybridized carbons (Fsp3) is 0. The molecule has 0 atom stereocenters. The van der Waals surface area contributed by atoms with E-state index >= 15 is 0 Å². The molecule has 0 unspecified atom stereocenters. The summed E-state index contributed by atoms with van der Waals surface area (Å²) in [4.78, 5) is 19.9. The maximum atomic E-state index is 12.1. The molecule has 0 fully saturated rings. The van der Waals surface area contributed by atoms with Gasteiger partial charge in [-0.3, -0.25) is 0 Å². The first kappa shape index (κ1) is 17.5. The normalized spacial score (nSPS) is 9.44. The summed E-state index contributed by atoms with van der Waals surface area (Å²) < 4.78 is 0. The molecule has 27 heavy (non-hydrogen) atoms. The van der Waals surface area contributed by atoms with E-state index < -0.39 is 6.03 Å². The highest BCUT2D eigenvalue weighted by Crippen LogP contribution is 2.13. The number of nitrogen functional groups attached to an aromatic ring is 1. The number of aromatic nitrogens is 2. The summed E-state index contributed by atoms with van der Waals surface area (Å²) in [6.45, 7) is 0. The van der Waals surface area contributed by atoms with Gasteiger partial charge in [0.2, 0.25) is 5.95 Å². The van der Waals surface area contributed by atoms with Crippen LogP contribution < -0.4 is 16.4 Å². The van der Waals surface area contributed by atoms with E-state index in [4.69, 9.17) is 11.0 Å². The van der Waals surface area contributed by atoms with Gasteiger partial charge in [0, 0.05) is 29.3 Å². The first-order valence-corrected chi connectivity index (χ1v) is 7.90. The van der Waals surface area contributed by atoms with Crippen molar-refractivity contribution in [3.63, 3.8) is 0 Å². The Morgan fingerprint density at radius 2 is 1.44 bits per heavy atom. The molecule has 3 aromatic rings. The molecule has 3 rings (SSSR count). The molecule has 0 saturated heterocycles. The number of nitrogens with one attached hydrogen (secondary N) is 2. The van der Waals surface area contributed by atoms with Crippen molar-refractivity contribution in [1.82, 2.24) is 9.97 Å². The third kappa shape index (κ3) is 5.05. The Labute approximate surface area is 155 Å². The fourth-order valence-electron chi connectivity index (χ4n) is 2.18. The van der Waals surface area contributed by atoms with Crippen LogP contribution in [0.5, 0.6) is 0 Å². The molecule has 0 saturated carbocycles. The minimum Gasteiger partial charge on any atom is -0.368 e. The van der Waals surface area contributed by atoms with Crippen molar-refractivity contribution in [2.75, 3.05) is 16.4 Å². The SMILES string of the molecule is N#Cc1cccc(NC(=O)Nc2cccc(C#Cc3cnc(N)nc3)c2)c1. The number of rotatable bonds is 2. The number of hydrogen-bond donors (Lipinski definition) is 3. The van der Waals surface area contributed by atoms with E-state index in [2.05, 4.69) is 32.4 Å². The van der Waals surface area contributed by atoms with Gasteiger partial charge in [-0.2, -0.15) is 5.26 Å². The second kappa shape index (κ2) is 8.15. The molecule has 0 aliphatic rings. The van der Waals surface area contributed by atoms with Crippen LogP contribution in [0.3, 0.4) is 0 Å². The predicted molar refractivity (Wildman–Crippen MR) is 103 cm³/mol. The molecule has 2 amide bonds.